The van der Waals surface area contributed by atoms with E-state index in [1.165, 1.54) is 12.4 Å². The summed E-state index contributed by atoms with van der Waals surface area (Å²) in [6.45, 7) is 1.87. The van der Waals surface area contributed by atoms with E-state index in [0.29, 0.717) is 33.9 Å². The van der Waals surface area contributed by atoms with Crippen LogP contribution in [0.3, 0.4) is 0 Å². The molecule has 0 unspecified atom stereocenters. The third-order valence-electron chi connectivity index (χ3n) is 4.67. The summed E-state index contributed by atoms with van der Waals surface area (Å²) < 4.78 is 16.5. The van der Waals surface area contributed by atoms with Crippen LogP contribution in [0, 0.1) is 17.1 Å². The molecule has 144 valence electrons. The van der Waals surface area contributed by atoms with Crippen molar-refractivity contribution in [1.29, 1.82) is 5.26 Å². The van der Waals surface area contributed by atoms with Crippen molar-refractivity contribution in [2.45, 2.75) is 13.0 Å². The van der Waals surface area contributed by atoms with Gasteiger partial charge in [0.05, 0.1) is 28.3 Å². The molecule has 0 aliphatic carbocycles. The Kier molecular flexibility index (Phi) is 4.52. The number of anilines is 2. The molecule has 0 fully saturated rings. The van der Waals surface area contributed by atoms with Gasteiger partial charge in [-0.05, 0) is 31.2 Å². The molecule has 0 aliphatic rings. The molecule has 3 aromatic heterocycles. The van der Waals surface area contributed by atoms with Crippen molar-refractivity contribution in [3.8, 4) is 17.3 Å². The lowest BCUT2D eigenvalue weighted by Gasteiger charge is -2.16. The van der Waals surface area contributed by atoms with Crippen LogP contribution in [-0.4, -0.2) is 24.5 Å². The highest BCUT2D eigenvalue weighted by atomic mass is 19.1. The number of fused-ring (bicyclic) bond motifs is 1. The number of imidazole rings is 1. The Balaban J connectivity index is 1.81. The number of nitrogens with one attached hydrogen (secondary N) is 1. The van der Waals surface area contributed by atoms with E-state index in [4.69, 9.17) is 5.73 Å². The van der Waals surface area contributed by atoms with E-state index in [-0.39, 0.29) is 23.2 Å². The molecule has 4 rings (SSSR count). The monoisotopic (exact) mass is 388 g/mol. The molecule has 29 heavy (non-hydrogen) atoms. The highest BCUT2D eigenvalue weighted by Gasteiger charge is 2.21. The molecule has 0 radical (unpaired) electrons. The van der Waals surface area contributed by atoms with Crippen LogP contribution in [0.4, 0.5) is 16.0 Å². The van der Waals surface area contributed by atoms with Crippen LogP contribution in [0.1, 0.15) is 24.4 Å². The predicted octanol–water partition coefficient (Wildman–Crippen LogP) is 3.19. The molecular formula is C20H17FN8. The lowest BCUT2D eigenvalue weighted by molar-refractivity contribution is 0.631. The molecular weight excluding hydrogens is 371 g/mol. The Bertz CT molecular complexity index is 1240. The normalized spacial score (nSPS) is 11.9. The Hall–Kier alpha value is -4.06. The average Bonchev–Trinajstić information content (AvgIpc) is 3.05. The van der Waals surface area contributed by atoms with Crippen molar-refractivity contribution >= 4 is 22.7 Å². The minimum atomic E-state index is -0.373. The van der Waals surface area contributed by atoms with Crippen molar-refractivity contribution in [1.82, 2.24) is 24.5 Å². The highest BCUT2D eigenvalue weighted by Crippen LogP contribution is 2.32. The first-order valence-electron chi connectivity index (χ1n) is 8.84. The number of hydrogen-bond acceptors (Lipinski definition) is 7. The van der Waals surface area contributed by atoms with Crippen LogP contribution in [0.5, 0.6) is 0 Å². The lowest BCUT2D eigenvalue weighted by Crippen LogP contribution is -2.15. The van der Waals surface area contributed by atoms with Crippen LogP contribution >= 0.6 is 0 Å². The van der Waals surface area contributed by atoms with Crippen LogP contribution in [0.15, 0.2) is 42.9 Å². The molecule has 0 aliphatic heterocycles. The molecule has 9 heteroatoms. The second-order valence-corrected chi connectivity index (χ2v) is 6.49. The minimum Gasteiger partial charge on any atom is -0.382 e. The summed E-state index contributed by atoms with van der Waals surface area (Å²) in [5, 5.41) is 12.5. The van der Waals surface area contributed by atoms with E-state index >= 15 is 0 Å². The smallest absolute Gasteiger partial charge is 0.150 e. The largest absolute Gasteiger partial charge is 0.382 e. The first kappa shape index (κ1) is 18.3. The van der Waals surface area contributed by atoms with E-state index in [9.17, 15) is 9.65 Å². The Labute approximate surface area is 165 Å². The number of benzene rings is 1. The van der Waals surface area contributed by atoms with Gasteiger partial charge < -0.3 is 15.6 Å². The molecule has 0 saturated carbocycles. The predicted molar refractivity (Wildman–Crippen MR) is 107 cm³/mol. The van der Waals surface area contributed by atoms with Gasteiger partial charge in [0, 0.05) is 13.2 Å². The van der Waals surface area contributed by atoms with Crippen LogP contribution in [0.2, 0.25) is 0 Å². The average molecular weight is 388 g/mol. The standard InChI is InChI=1S/C20H17FN8/c1-11(27-19-12(9-22)18(23)25-10-26-19)20-28-15-7-6-13(21)16(17(15)29(20)2)14-5-3-4-8-24-14/h3-8,10-11H,1-2H3,(H3,23,25,26,27)/t11-/m0/s1. The van der Waals surface area contributed by atoms with Crippen molar-refractivity contribution < 1.29 is 4.39 Å². The molecule has 3 heterocycles. The first-order valence-corrected chi connectivity index (χ1v) is 8.84. The number of aromatic nitrogens is 5. The van der Waals surface area contributed by atoms with Gasteiger partial charge in [0.1, 0.15) is 41.2 Å². The summed E-state index contributed by atoms with van der Waals surface area (Å²) in [7, 11) is 1.81. The van der Waals surface area contributed by atoms with Gasteiger partial charge in [-0.1, -0.05) is 6.07 Å². The van der Waals surface area contributed by atoms with Gasteiger partial charge >= 0.3 is 0 Å². The zero-order valence-corrected chi connectivity index (χ0v) is 15.8. The number of nitrogen functional groups attached to an aromatic ring is 1. The number of rotatable bonds is 4. The number of hydrogen-bond donors (Lipinski definition) is 2. The van der Waals surface area contributed by atoms with Gasteiger partial charge in [0.15, 0.2) is 0 Å². The summed E-state index contributed by atoms with van der Waals surface area (Å²) >= 11 is 0. The van der Waals surface area contributed by atoms with Gasteiger partial charge in [0.25, 0.3) is 0 Å². The minimum absolute atomic E-state index is 0.0988. The van der Waals surface area contributed by atoms with Gasteiger partial charge in [-0.2, -0.15) is 5.26 Å². The van der Waals surface area contributed by atoms with E-state index in [2.05, 4.69) is 25.3 Å². The fraction of sp³-hybridized carbons (Fsp3) is 0.150. The summed E-state index contributed by atoms with van der Waals surface area (Å²) in [6, 6.07) is 10.0. The van der Waals surface area contributed by atoms with Gasteiger partial charge in [-0.25, -0.2) is 19.3 Å². The summed E-state index contributed by atoms with van der Waals surface area (Å²) in [5.41, 5.74) is 8.11. The van der Waals surface area contributed by atoms with Crippen molar-refractivity contribution in [2.75, 3.05) is 11.1 Å². The fourth-order valence-electron chi connectivity index (χ4n) is 3.33. The Morgan fingerprint density at radius 3 is 2.76 bits per heavy atom. The fourth-order valence-corrected chi connectivity index (χ4v) is 3.33. The zero-order chi connectivity index (χ0) is 20.5. The molecule has 0 spiro atoms. The number of pyridine rings is 1. The third kappa shape index (κ3) is 3.10. The second-order valence-electron chi connectivity index (χ2n) is 6.49. The maximum absolute atomic E-state index is 14.7. The SMILES string of the molecule is C[C@H](Nc1ncnc(N)c1C#N)c1nc2ccc(F)c(-c3ccccn3)c2n1C. The van der Waals surface area contributed by atoms with Crippen molar-refractivity contribution in [3.63, 3.8) is 0 Å². The van der Waals surface area contributed by atoms with Crippen molar-refractivity contribution in [2.24, 2.45) is 7.05 Å². The van der Waals surface area contributed by atoms with Crippen LogP contribution in [-0.2, 0) is 7.05 Å². The van der Waals surface area contributed by atoms with Crippen molar-refractivity contribution in [3.05, 3.63) is 60.1 Å². The number of aryl methyl sites for hydroxylation is 1. The highest BCUT2D eigenvalue weighted by molar-refractivity contribution is 5.92. The lowest BCUT2D eigenvalue weighted by atomic mass is 10.1. The van der Waals surface area contributed by atoms with E-state index in [1.54, 1.807) is 24.4 Å². The summed E-state index contributed by atoms with van der Waals surface area (Å²) in [4.78, 5) is 16.9. The van der Waals surface area contributed by atoms with Gasteiger partial charge in [-0.3, -0.25) is 4.98 Å². The van der Waals surface area contributed by atoms with Gasteiger partial charge in [0.2, 0.25) is 0 Å². The summed E-state index contributed by atoms with van der Waals surface area (Å²) in [5.74, 6) is 0.683. The second kappa shape index (κ2) is 7.16. The molecule has 1 aromatic carbocycles. The van der Waals surface area contributed by atoms with Crippen LogP contribution in [0.25, 0.3) is 22.3 Å². The maximum Gasteiger partial charge on any atom is 0.150 e. The molecule has 8 nitrogen and oxygen atoms in total. The molecule has 3 N–H and O–H groups in total. The molecule has 0 amide bonds. The zero-order valence-electron chi connectivity index (χ0n) is 15.8. The molecule has 4 aromatic rings. The van der Waals surface area contributed by atoms with E-state index in [0.717, 1.165) is 0 Å². The van der Waals surface area contributed by atoms with E-state index in [1.807, 2.05) is 30.7 Å². The molecule has 1 atom stereocenters. The number of nitrogens with two attached hydrogens (primary N) is 1. The third-order valence-corrected chi connectivity index (χ3v) is 4.67. The number of halogens is 1. The topological polar surface area (TPSA) is 118 Å². The maximum atomic E-state index is 14.7. The number of nitrogens with zero attached hydrogens (tertiary/aromatic N) is 6. The molecule has 0 saturated heterocycles. The number of nitriles is 1. The van der Waals surface area contributed by atoms with E-state index < -0.39 is 0 Å². The Morgan fingerprint density at radius 2 is 2.03 bits per heavy atom. The molecule has 0 bridgehead atoms. The quantitative estimate of drug-likeness (QED) is 0.551. The summed E-state index contributed by atoms with van der Waals surface area (Å²) in [6.07, 6.45) is 2.91. The van der Waals surface area contributed by atoms with Gasteiger partial charge in [-0.15, -0.1) is 0 Å². The van der Waals surface area contributed by atoms with Crippen LogP contribution < -0.4 is 11.1 Å². The first-order chi connectivity index (χ1) is 14.0. The Morgan fingerprint density at radius 1 is 1.21 bits per heavy atom.